The second-order valence-electron chi connectivity index (χ2n) is 4.08. The number of rotatable bonds is 2. The van der Waals surface area contributed by atoms with E-state index in [0.717, 1.165) is 5.01 Å². The van der Waals surface area contributed by atoms with Crippen molar-refractivity contribution in [3.05, 3.63) is 24.5 Å². The van der Waals surface area contributed by atoms with Gasteiger partial charge in [-0.1, -0.05) is 0 Å². The van der Waals surface area contributed by atoms with Crippen molar-refractivity contribution in [2.75, 3.05) is 5.01 Å². The summed E-state index contributed by atoms with van der Waals surface area (Å²) in [7, 11) is 0. The SMILES string of the molecule is N#CC1=NN(c2cccnc2)C(O)C1C(O)C(F)(F)F. The summed E-state index contributed by atoms with van der Waals surface area (Å²) < 4.78 is 37.7. The zero-order valence-electron chi connectivity index (χ0n) is 9.86. The number of halogens is 3. The molecule has 0 aliphatic carbocycles. The molecule has 1 aliphatic rings. The number of nitriles is 1. The number of pyridine rings is 1. The molecule has 0 saturated heterocycles. The molecule has 3 unspecified atom stereocenters. The van der Waals surface area contributed by atoms with Crippen LogP contribution >= 0.6 is 0 Å². The Kier molecular flexibility index (Phi) is 3.61. The summed E-state index contributed by atoms with van der Waals surface area (Å²) in [5.74, 6) is -1.86. The summed E-state index contributed by atoms with van der Waals surface area (Å²) in [5.41, 5.74) is -0.379. The average molecular weight is 286 g/mol. The van der Waals surface area contributed by atoms with Gasteiger partial charge in [0.15, 0.2) is 12.3 Å². The second kappa shape index (κ2) is 5.07. The molecule has 2 rings (SSSR count). The number of anilines is 1. The van der Waals surface area contributed by atoms with Gasteiger partial charge in [-0.15, -0.1) is 0 Å². The Bertz CT molecular complexity index is 555. The molecule has 6 nitrogen and oxygen atoms in total. The fourth-order valence-electron chi connectivity index (χ4n) is 1.85. The van der Waals surface area contributed by atoms with Gasteiger partial charge in [0, 0.05) is 6.20 Å². The molecule has 106 valence electrons. The molecule has 0 bridgehead atoms. The first kappa shape index (κ1) is 14.2. The van der Waals surface area contributed by atoms with Crippen molar-refractivity contribution < 1.29 is 23.4 Å². The minimum atomic E-state index is -4.96. The summed E-state index contributed by atoms with van der Waals surface area (Å²) in [6.45, 7) is 0. The molecule has 0 aromatic carbocycles. The van der Waals surface area contributed by atoms with Gasteiger partial charge in [-0.25, -0.2) is 5.01 Å². The van der Waals surface area contributed by atoms with E-state index < -0.39 is 30.1 Å². The highest BCUT2D eigenvalue weighted by molar-refractivity contribution is 6.03. The minimum Gasteiger partial charge on any atom is -0.383 e. The van der Waals surface area contributed by atoms with E-state index >= 15 is 0 Å². The summed E-state index contributed by atoms with van der Waals surface area (Å²) in [5, 5.41) is 32.4. The van der Waals surface area contributed by atoms with Crippen LogP contribution in [0.25, 0.3) is 0 Å². The first-order chi connectivity index (χ1) is 9.36. The van der Waals surface area contributed by atoms with Crippen molar-refractivity contribution in [3.8, 4) is 6.07 Å². The number of aliphatic hydroxyl groups excluding tert-OH is 2. The van der Waals surface area contributed by atoms with Crippen LogP contribution in [0.15, 0.2) is 29.6 Å². The third kappa shape index (κ3) is 2.43. The van der Waals surface area contributed by atoms with E-state index in [1.54, 1.807) is 0 Å². The molecule has 1 aromatic heterocycles. The smallest absolute Gasteiger partial charge is 0.383 e. The minimum absolute atomic E-state index is 0.213. The second-order valence-corrected chi connectivity index (χ2v) is 4.08. The van der Waals surface area contributed by atoms with Crippen molar-refractivity contribution in [3.63, 3.8) is 0 Å². The van der Waals surface area contributed by atoms with Crippen LogP contribution < -0.4 is 5.01 Å². The largest absolute Gasteiger partial charge is 0.415 e. The lowest BCUT2D eigenvalue weighted by Gasteiger charge is -2.26. The molecule has 0 radical (unpaired) electrons. The average Bonchev–Trinajstić information content (AvgIpc) is 2.74. The van der Waals surface area contributed by atoms with Crippen LogP contribution in [0.5, 0.6) is 0 Å². The highest BCUT2D eigenvalue weighted by atomic mass is 19.4. The molecule has 2 heterocycles. The van der Waals surface area contributed by atoms with E-state index in [-0.39, 0.29) is 5.69 Å². The van der Waals surface area contributed by atoms with Crippen molar-refractivity contribution in [1.29, 1.82) is 5.26 Å². The van der Waals surface area contributed by atoms with E-state index in [0.29, 0.717) is 0 Å². The molecular weight excluding hydrogens is 277 g/mol. The number of alkyl halides is 3. The topological polar surface area (TPSA) is 92.7 Å². The molecule has 0 saturated carbocycles. The molecule has 0 amide bonds. The highest BCUT2D eigenvalue weighted by Crippen LogP contribution is 2.34. The quantitative estimate of drug-likeness (QED) is 0.832. The van der Waals surface area contributed by atoms with Gasteiger partial charge >= 0.3 is 6.18 Å². The Hall–Kier alpha value is -2.18. The molecule has 20 heavy (non-hydrogen) atoms. The molecular formula is C11H9F3N4O2. The van der Waals surface area contributed by atoms with Crippen molar-refractivity contribution in [2.45, 2.75) is 18.5 Å². The van der Waals surface area contributed by atoms with E-state index in [1.807, 2.05) is 0 Å². The van der Waals surface area contributed by atoms with Crippen LogP contribution in [0.3, 0.4) is 0 Å². The first-order valence-electron chi connectivity index (χ1n) is 5.47. The number of hydrogen-bond donors (Lipinski definition) is 2. The third-order valence-electron chi connectivity index (χ3n) is 2.80. The summed E-state index contributed by atoms with van der Waals surface area (Å²) in [6.07, 6.45) is -6.94. The van der Waals surface area contributed by atoms with Gasteiger partial charge in [0.25, 0.3) is 0 Å². The summed E-state index contributed by atoms with van der Waals surface area (Å²) in [6, 6.07) is 4.42. The lowest BCUT2D eigenvalue weighted by molar-refractivity contribution is -0.218. The maximum absolute atomic E-state index is 12.6. The van der Waals surface area contributed by atoms with Crippen molar-refractivity contribution in [1.82, 2.24) is 4.98 Å². The maximum Gasteiger partial charge on any atom is 0.415 e. The van der Waals surface area contributed by atoms with Gasteiger partial charge in [-0.05, 0) is 12.1 Å². The number of aliphatic hydroxyl groups is 2. The van der Waals surface area contributed by atoms with Gasteiger partial charge in [0.2, 0.25) is 0 Å². The Morgan fingerprint density at radius 2 is 2.15 bits per heavy atom. The highest BCUT2D eigenvalue weighted by Gasteiger charge is 2.52. The molecule has 3 atom stereocenters. The fraction of sp³-hybridized carbons (Fsp3) is 0.364. The molecule has 1 aromatic rings. The molecule has 1 aliphatic heterocycles. The normalized spacial score (nSPS) is 24.2. The number of aromatic nitrogens is 1. The Morgan fingerprint density at radius 1 is 1.45 bits per heavy atom. The van der Waals surface area contributed by atoms with E-state index in [1.165, 1.54) is 30.6 Å². The van der Waals surface area contributed by atoms with Crippen LogP contribution in [0, 0.1) is 17.2 Å². The van der Waals surface area contributed by atoms with Crippen LogP contribution in [0.4, 0.5) is 18.9 Å². The predicted molar refractivity (Wildman–Crippen MR) is 61.3 cm³/mol. The summed E-state index contributed by atoms with van der Waals surface area (Å²) in [4.78, 5) is 3.74. The standard InChI is InChI=1S/C11H9F3N4O2/c12-11(13,14)9(19)8-7(4-15)17-18(10(8)20)6-2-1-3-16-5-6/h1-3,5,8-10,19-20H. The van der Waals surface area contributed by atoms with E-state index in [4.69, 9.17) is 5.26 Å². The molecule has 9 heteroatoms. The number of hydrogen-bond acceptors (Lipinski definition) is 6. The molecule has 0 spiro atoms. The Morgan fingerprint density at radius 3 is 2.65 bits per heavy atom. The lowest BCUT2D eigenvalue weighted by Crippen LogP contribution is -2.46. The summed E-state index contributed by atoms with van der Waals surface area (Å²) >= 11 is 0. The zero-order valence-corrected chi connectivity index (χ0v) is 9.86. The van der Waals surface area contributed by atoms with Gasteiger partial charge in [0.1, 0.15) is 11.8 Å². The molecule has 0 fully saturated rings. The first-order valence-corrected chi connectivity index (χ1v) is 5.47. The van der Waals surface area contributed by atoms with Gasteiger partial charge in [-0.3, -0.25) is 4.98 Å². The third-order valence-corrected chi connectivity index (χ3v) is 2.80. The van der Waals surface area contributed by atoms with Crippen LogP contribution in [-0.2, 0) is 0 Å². The number of nitrogens with zero attached hydrogens (tertiary/aromatic N) is 4. The van der Waals surface area contributed by atoms with Gasteiger partial charge in [0.05, 0.1) is 17.8 Å². The maximum atomic E-state index is 12.6. The van der Waals surface area contributed by atoms with Gasteiger partial charge in [-0.2, -0.15) is 23.5 Å². The Labute approximate surface area is 111 Å². The van der Waals surface area contributed by atoms with E-state index in [9.17, 15) is 23.4 Å². The zero-order chi connectivity index (χ0) is 14.9. The van der Waals surface area contributed by atoms with Crippen LogP contribution in [-0.4, -0.2) is 39.4 Å². The Balaban J connectivity index is 2.35. The van der Waals surface area contributed by atoms with Crippen LogP contribution in [0.1, 0.15) is 0 Å². The lowest BCUT2D eigenvalue weighted by atomic mass is 9.95. The van der Waals surface area contributed by atoms with Crippen LogP contribution in [0.2, 0.25) is 0 Å². The van der Waals surface area contributed by atoms with Crippen molar-refractivity contribution >= 4 is 11.4 Å². The molecule has 2 N–H and O–H groups in total. The fourth-order valence-corrected chi connectivity index (χ4v) is 1.85. The predicted octanol–water partition coefficient (Wildman–Crippen LogP) is 0.639. The van der Waals surface area contributed by atoms with E-state index in [2.05, 4.69) is 10.1 Å². The number of hydrazone groups is 1. The van der Waals surface area contributed by atoms with Crippen molar-refractivity contribution in [2.24, 2.45) is 11.0 Å². The van der Waals surface area contributed by atoms with Gasteiger partial charge < -0.3 is 10.2 Å². The monoisotopic (exact) mass is 286 g/mol.